The summed E-state index contributed by atoms with van der Waals surface area (Å²) in [6.45, 7) is 0. The van der Waals surface area contributed by atoms with Crippen LogP contribution in [0, 0.1) is 0 Å². The number of nitrogens with one attached hydrogen (secondary N) is 1. The molecule has 1 amide bonds. The van der Waals surface area contributed by atoms with Crippen molar-refractivity contribution in [2.75, 3.05) is 19.5 Å². The fourth-order valence-corrected chi connectivity index (χ4v) is 2.16. The molecule has 0 spiro atoms. The molecule has 4 heteroatoms. The van der Waals surface area contributed by atoms with E-state index >= 15 is 0 Å². The summed E-state index contributed by atoms with van der Waals surface area (Å²) in [5.41, 5.74) is 3.23. The van der Waals surface area contributed by atoms with Gasteiger partial charge in [-0.2, -0.15) is 0 Å². The van der Waals surface area contributed by atoms with Crippen LogP contribution >= 0.6 is 0 Å². The van der Waals surface area contributed by atoms with E-state index in [1.54, 1.807) is 14.2 Å². The maximum Gasteiger partial charge on any atom is 0.211 e. The standard InChI is InChI=1S/C17H19NO3/c1-20-16-10-7-14(11-17(16)21-2)4-3-13-5-8-15(9-6-13)18-12-19/h5-12H,3-4H2,1-2H3,(H,18,19). The second-order valence-electron chi connectivity index (χ2n) is 4.65. The molecule has 0 aliphatic heterocycles. The highest BCUT2D eigenvalue weighted by Crippen LogP contribution is 2.28. The van der Waals surface area contributed by atoms with Crippen molar-refractivity contribution in [3.63, 3.8) is 0 Å². The molecular weight excluding hydrogens is 266 g/mol. The van der Waals surface area contributed by atoms with E-state index in [0.717, 1.165) is 30.0 Å². The topological polar surface area (TPSA) is 47.6 Å². The van der Waals surface area contributed by atoms with Crippen LogP contribution in [-0.4, -0.2) is 20.6 Å². The van der Waals surface area contributed by atoms with Gasteiger partial charge in [0.2, 0.25) is 6.41 Å². The van der Waals surface area contributed by atoms with Crippen LogP contribution in [0.5, 0.6) is 11.5 Å². The zero-order chi connectivity index (χ0) is 15.1. The highest BCUT2D eigenvalue weighted by molar-refractivity contribution is 5.71. The van der Waals surface area contributed by atoms with Crippen molar-refractivity contribution in [2.24, 2.45) is 0 Å². The molecule has 0 aliphatic carbocycles. The van der Waals surface area contributed by atoms with Gasteiger partial charge in [-0.05, 0) is 48.2 Å². The average Bonchev–Trinajstić information content (AvgIpc) is 2.54. The molecule has 2 aromatic rings. The molecule has 2 aromatic carbocycles. The third kappa shape index (κ3) is 3.99. The van der Waals surface area contributed by atoms with Crippen molar-refractivity contribution in [3.8, 4) is 11.5 Å². The Balaban J connectivity index is 2.00. The second kappa shape index (κ2) is 7.33. The van der Waals surface area contributed by atoms with Crippen molar-refractivity contribution in [3.05, 3.63) is 53.6 Å². The third-order valence-electron chi connectivity index (χ3n) is 3.33. The first-order valence-corrected chi connectivity index (χ1v) is 6.77. The van der Waals surface area contributed by atoms with Crippen LogP contribution in [0.1, 0.15) is 11.1 Å². The molecule has 1 N–H and O–H groups in total. The number of benzene rings is 2. The number of carbonyl (C=O) groups is 1. The molecule has 0 saturated carbocycles. The van der Waals surface area contributed by atoms with Gasteiger partial charge in [0.25, 0.3) is 0 Å². The minimum atomic E-state index is 0.679. The van der Waals surface area contributed by atoms with Gasteiger partial charge in [-0.15, -0.1) is 0 Å². The maximum absolute atomic E-state index is 10.3. The predicted molar refractivity (Wildman–Crippen MR) is 83.1 cm³/mol. The molecule has 0 atom stereocenters. The zero-order valence-electron chi connectivity index (χ0n) is 12.3. The Bertz CT molecular complexity index is 593. The van der Waals surface area contributed by atoms with E-state index in [2.05, 4.69) is 5.32 Å². The monoisotopic (exact) mass is 285 g/mol. The molecule has 0 saturated heterocycles. The van der Waals surface area contributed by atoms with Gasteiger partial charge in [-0.1, -0.05) is 18.2 Å². The Kier molecular flexibility index (Phi) is 5.21. The van der Waals surface area contributed by atoms with Gasteiger partial charge in [0.1, 0.15) is 0 Å². The summed E-state index contributed by atoms with van der Waals surface area (Å²) in [6.07, 6.45) is 2.52. The summed E-state index contributed by atoms with van der Waals surface area (Å²) in [6, 6.07) is 13.8. The van der Waals surface area contributed by atoms with Crippen LogP contribution in [0.2, 0.25) is 0 Å². The third-order valence-corrected chi connectivity index (χ3v) is 3.33. The number of carbonyl (C=O) groups excluding carboxylic acids is 1. The van der Waals surface area contributed by atoms with Crippen molar-refractivity contribution in [1.29, 1.82) is 0 Å². The molecule has 0 fully saturated rings. The predicted octanol–water partition coefficient (Wildman–Crippen LogP) is 3.06. The molecule has 2 rings (SSSR count). The first-order valence-electron chi connectivity index (χ1n) is 6.77. The average molecular weight is 285 g/mol. The summed E-state index contributed by atoms with van der Waals surface area (Å²) < 4.78 is 10.5. The fourth-order valence-electron chi connectivity index (χ4n) is 2.16. The Morgan fingerprint density at radius 3 is 2.14 bits per heavy atom. The van der Waals surface area contributed by atoms with Crippen LogP contribution in [0.4, 0.5) is 5.69 Å². The van der Waals surface area contributed by atoms with Crippen molar-refractivity contribution in [2.45, 2.75) is 12.8 Å². The van der Waals surface area contributed by atoms with Crippen LogP contribution < -0.4 is 14.8 Å². The first-order chi connectivity index (χ1) is 10.3. The van der Waals surface area contributed by atoms with Crippen LogP contribution in [0.25, 0.3) is 0 Å². The lowest BCUT2D eigenvalue weighted by Crippen LogP contribution is -1.96. The van der Waals surface area contributed by atoms with Gasteiger partial charge in [-0.3, -0.25) is 4.79 Å². The Morgan fingerprint density at radius 1 is 0.905 bits per heavy atom. The van der Waals surface area contributed by atoms with Crippen LogP contribution in [-0.2, 0) is 17.6 Å². The van der Waals surface area contributed by atoms with Gasteiger partial charge < -0.3 is 14.8 Å². The number of rotatable bonds is 7. The largest absolute Gasteiger partial charge is 0.493 e. The molecule has 4 nitrogen and oxygen atoms in total. The zero-order valence-corrected chi connectivity index (χ0v) is 12.3. The van der Waals surface area contributed by atoms with Crippen molar-refractivity contribution >= 4 is 12.1 Å². The number of amides is 1. The fraction of sp³-hybridized carbons (Fsp3) is 0.235. The molecule has 21 heavy (non-hydrogen) atoms. The Hall–Kier alpha value is -2.49. The molecule has 110 valence electrons. The SMILES string of the molecule is COc1ccc(CCc2ccc(NC=O)cc2)cc1OC. The summed E-state index contributed by atoms with van der Waals surface area (Å²) >= 11 is 0. The minimum absolute atomic E-state index is 0.679. The first kappa shape index (κ1) is 14.9. The van der Waals surface area contributed by atoms with Crippen LogP contribution in [0.15, 0.2) is 42.5 Å². The van der Waals surface area contributed by atoms with E-state index in [1.807, 2.05) is 42.5 Å². The van der Waals surface area contributed by atoms with Gasteiger partial charge >= 0.3 is 0 Å². The van der Waals surface area contributed by atoms with Gasteiger partial charge in [-0.25, -0.2) is 0 Å². The highest BCUT2D eigenvalue weighted by Gasteiger charge is 2.04. The highest BCUT2D eigenvalue weighted by atomic mass is 16.5. The summed E-state index contributed by atoms with van der Waals surface area (Å²) in [5, 5.41) is 2.63. The Labute approximate surface area is 124 Å². The second-order valence-corrected chi connectivity index (χ2v) is 4.65. The van der Waals surface area contributed by atoms with Gasteiger partial charge in [0.05, 0.1) is 14.2 Å². The number of hydrogen-bond donors (Lipinski definition) is 1. The number of hydrogen-bond acceptors (Lipinski definition) is 3. The van der Waals surface area contributed by atoms with Crippen LogP contribution in [0.3, 0.4) is 0 Å². The number of ether oxygens (including phenoxy) is 2. The quantitative estimate of drug-likeness (QED) is 0.795. The lowest BCUT2D eigenvalue weighted by molar-refractivity contribution is -0.105. The van der Waals surface area contributed by atoms with Crippen molar-refractivity contribution < 1.29 is 14.3 Å². The molecule has 0 aromatic heterocycles. The summed E-state index contributed by atoms with van der Waals surface area (Å²) in [5.74, 6) is 1.49. The molecular formula is C17H19NO3. The smallest absolute Gasteiger partial charge is 0.211 e. The lowest BCUT2D eigenvalue weighted by atomic mass is 10.0. The summed E-state index contributed by atoms with van der Waals surface area (Å²) in [4.78, 5) is 10.3. The number of anilines is 1. The van der Waals surface area contributed by atoms with E-state index in [-0.39, 0.29) is 0 Å². The number of aryl methyl sites for hydroxylation is 2. The normalized spacial score (nSPS) is 10.0. The van der Waals surface area contributed by atoms with Gasteiger partial charge in [0.15, 0.2) is 11.5 Å². The van der Waals surface area contributed by atoms with Gasteiger partial charge in [0, 0.05) is 5.69 Å². The Morgan fingerprint density at radius 2 is 1.52 bits per heavy atom. The maximum atomic E-state index is 10.3. The molecule has 0 aliphatic rings. The minimum Gasteiger partial charge on any atom is -0.493 e. The van der Waals surface area contributed by atoms with E-state index < -0.39 is 0 Å². The van der Waals surface area contributed by atoms with E-state index in [0.29, 0.717) is 6.41 Å². The molecule has 0 bridgehead atoms. The summed E-state index contributed by atoms with van der Waals surface area (Å²) in [7, 11) is 3.27. The van der Waals surface area contributed by atoms with E-state index in [4.69, 9.17) is 9.47 Å². The van der Waals surface area contributed by atoms with E-state index in [9.17, 15) is 4.79 Å². The lowest BCUT2D eigenvalue weighted by Gasteiger charge is -2.09. The molecule has 0 heterocycles. The number of methoxy groups -OCH3 is 2. The van der Waals surface area contributed by atoms with E-state index in [1.165, 1.54) is 11.1 Å². The molecule has 0 unspecified atom stereocenters. The molecule has 0 radical (unpaired) electrons. The van der Waals surface area contributed by atoms with Crippen molar-refractivity contribution in [1.82, 2.24) is 0 Å².